The van der Waals surface area contributed by atoms with E-state index in [0.717, 1.165) is 5.56 Å². The van der Waals surface area contributed by atoms with Crippen LogP contribution in [0.3, 0.4) is 0 Å². The fourth-order valence-electron chi connectivity index (χ4n) is 1.26. The molecule has 3 heteroatoms. The molecule has 14 heavy (non-hydrogen) atoms. The first kappa shape index (κ1) is 10.6. The second kappa shape index (κ2) is 5.25. The maximum atomic E-state index is 9.25. The Balaban J connectivity index is 2.52. The first-order chi connectivity index (χ1) is 6.74. The van der Waals surface area contributed by atoms with Gasteiger partial charge >= 0.3 is 0 Å². The van der Waals surface area contributed by atoms with E-state index in [9.17, 15) is 5.11 Å². The van der Waals surface area contributed by atoms with Gasteiger partial charge in [-0.05, 0) is 24.6 Å². The molecular formula is C11H14N2O. The summed E-state index contributed by atoms with van der Waals surface area (Å²) in [6.07, 6.45) is 0.503. The van der Waals surface area contributed by atoms with Crippen LogP contribution in [0.2, 0.25) is 0 Å². The highest BCUT2D eigenvalue weighted by atomic mass is 16.3. The van der Waals surface area contributed by atoms with Crippen LogP contribution in [0.1, 0.15) is 24.9 Å². The van der Waals surface area contributed by atoms with Crippen molar-refractivity contribution in [2.24, 2.45) is 0 Å². The number of phenols is 1. The lowest BCUT2D eigenvalue weighted by Gasteiger charge is -2.12. The molecular weight excluding hydrogens is 176 g/mol. The van der Waals surface area contributed by atoms with Gasteiger partial charge in [-0.3, -0.25) is 0 Å². The number of hydrogen-bond donors (Lipinski definition) is 2. The Hall–Kier alpha value is -1.53. The van der Waals surface area contributed by atoms with Crippen molar-refractivity contribution in [3.63, 3.8) is 0 Å². The summed E-state index contributed by atoms with van der Waals surface area (Å²) >= 11 is 0. The minimum atomic E-state index is 0.162. The van der Waals surface area contributed by atoms with E-state index in [4.69, 9.17) is 5.26 Å². The largest absolute Gasteiger partial charge is 0.508 e. The van der Waals surface area contributed by atoms with E-state index >= 15 is 0 Å². The van der Waals surface area contributed by atoms with E-state index in [0.29, 0.717) is 13.0 Å². The molecule has 1 unspecified atom stereocenters. The van der Waals surface area contributed by atoms with Gasteiger partial charge in [0.1, 0.15) is 5.75 Å². The molecule has 0 bridgehead atoms. The Labute approximate surface area is 84.0 Å². The minimum absolute atomic E-state index is 0.162. The van der Waals surface area contributed by atoms with Crippen molar-refractivity contribution in [3.05, 3.63) is 29.8 Å². The van der Waals surface area contributed by atoms with Crippen LogP contribution in [-0.4, -0.2) is 11.7 Å². The van der Waals surface area contributed by atoms with Crippen LogP contribution in [0.5, 0.6) is 5.75 Å². The van der Waals surface area contributed by atoms with Gasteiger partial charge in [0.05, 0.1) is 6.07 Å². The average molecular weight is 190 g/mol. The van der Waals surface area contributed by atoms with Crippen molar-refractivity contribution >= 4 is 0 Å². The molecule has 0 fully saturated rings. The molecule has 0 aliphatic rings. The zero-order valence-electron chi connectivity index (χ0n) is 8.20. The predicted octanol–water partition coefficient (Wildman–Crippen LogP) is 1.96. The van der Waals surface area contributed by atoms with E-state index in [2.05, 4.69) is 11.4 Å². The standard InChI is InChI=1S/C11H14N2O/c1-9(13-7-3-6-12)10-4-2-5-11(14)8-10/h2,4-5,8-9,13-14H,3,7H2,1H3. The van der Waals surface area contributed by atoms with Crippen LogP contribution < -0.4 is 5.32 Å². The summed E-state index contributed by atoms with van der Waals surface area (Å²) in [4.78, 5) is 0. The predicted molar refractivity (Wildman–Crippen MR) is 54.8 cm³/mol. The lowest BCUT2D eigenvalue weighted by Crippen LogP contribution is -2.19. The quantitative estimate of drug-likeness (QED) is 0.713. The van der Waals surface area contributed by atoms with E-state index in [-0.39, 0.29) is 11.8 Å². The summed E-state index contributed by atoms with van der Waals surface area (Å²) in [5.41, 5.74) is 1.03. The van der Waals surface area contributed by atoms with Crippen LogP contribution in [0.4, 0.5) is 0 Å². The van der Waals surface area contributed by atoms with E-state index < -0.39 is 0 Å². The van der Waals surface area contributed by atoms with Gasteiger partial charge in [-0.2, -0.15) is 5.26 Å². The zero-order chi connectivity index (χ0) is 10.4. The van der Waals surface area contributed by atoms with Crippen molar-refractivity contribution < 1.29 is 5.11 Å². The number of rotatable bonds is 4. The number of nitrogens with zero attached hydrogens (tertiary/aromatic N) is 1. The van der Waals surface area contributed by atoms with Crippen molar-refractivity contribution in [1.82, 2.24) is 5.32 Å². The number of aromatic hydroxyl groups is 1. The molecule has 0 heterocycles. The van der Waals surface area contributed by atoms with Crippen LogP contribution in [0, 0.1) is 11.3 Å². The average Bonchev–Trinajstić information content (AvgIpc) is 2.18. The van der Waals surface area contributed by atoms with Gasteiger partial charge in [0, 0.05) is 19.0 Å². The first-order valence-electron chi connectivity index (χ1n) is 4.63. The third-order valence-corrected chi connectivity index (χ3v) is 2.06. The lowest BCUT2D eigenvalue weighted by atomic mass is 10.1. The molecule has 1 aromatic carbocycles. The maximum absolute atomic E-state index is 9.25. The highest BCUT2D eigenvalue weighted by Gasteiger charge is 2.03. The number of hydrogen-bond acceptors (Lipinski definition) is 3. The Morgan fingerprint density at radius 2 is 2.36 bits per heavy atom. The van der Waals surface area contributed by atoms with Gasteiger partial charge in [-0.1, -0.05) is 12.1 Å². The molecule has 0 aromatic heterocycles. The Kier molecular flexibility index (Phi) is 3.96. The molecule has 1 rings (SSSR count). The second-order valence-corrected chi connectivity index (χ2v) is 3.18. The molecule has 1 atom stereocenters. The molecule has 0 amide bonds. The molecule has 0 saturated heterocycles. The Bertz CT molecular complexity index is 330. The van der Waals surface area contributed by atoms with Gasteiger partial charge in [0.2, 0.25) is 0 Å². The number of benzene rings is 1. The first-order valence-corrected chi connectivity index (χ1v) is 4.63. The van der Waals surface area contributed by atoms with Crippen molar-refractivity contribution in [3.8, 4) is 11.8 Å². The Morgan fingerprint density at radius 3 is 3.00 bits per heavy atom. The highest BCUT2D eigenvalue weighted by Crippen LogP contribution is 2.17. The summed E-state index contributed by atoms with van der Waals surface area (Å²) in [6.45, 7) is 2.68. The van der Waals surface area contributed by atoms with E-state index in [1.165, 1.54) is 0 Å². The molecule has 74 valence electrons. The third-order valence-electron chi connectivity index (χ3n) is 2.06. The van der Waals surface area contributed by atoms with Gasteiger partial charge in [0.25, 0.3) is 0 Å². The van der Waals surface area contributed by atoms with Crippen LogP contribution >= 0.6 is 0 Å². The second-order valence-electron chi connectivity index (χ2n) is 3.18. The summed E-state index contributed by atoms with van der Waals surface area (Å²) in [7, 11) is 0. The molecule has 0 aliphatic carbocycles. The molecule has 2 N–H and O–H groups in total. The number of nitriles is 1. The van der Waals surface area contributed by atoms with Crippen LogP contribution in [0.25, 0.3) is 0 Å². The third kappa shape index (κ3) is 3.08. The van der Waals surface area contributed by atoms with E-state index in [1.54, 1.807) is 12.1 Å². The fraction of sp³-hybridized carbons (Fsp3) is 0.364. The maximum Gasteiger partial charge on any atom is 0.115 e. The number of nitrogens with one attached hydrogen (secondary N) is 1. The molecule has 0 radical (unpaired) electrons. The molecule has 0 spiro atoms. The topological polar surface area (TPSA) is 56.0 Å². The van der Waals surface area contributed by atoms with Crippen LogP contribution in [-0.2, 0) is 0 Å². The minimum Gasteiger partial charge on any atom is -0.508 e. The van der Waals surface area contributed by atoms with E-state index in [1.807, 2.05) is 19.1 Å². The Morgan fingerprint density at radius 1 is 1.57 bits per heavy atom. The SMILES string of the molecule is CC(NCCC#N)c1cccc(O)c1. The molecule has 0 aliphatic heterocycles. The molecule has 1 aromatic rings. The zero-order valence-corrected chi connectivity index (χ0v) is 8.20. The monoisotopic (exact) mass is 190 g/mol. The molecule has 3 nitrogen and oxygen atoms in total. The summed E-state index contributed by atoms with van der Waals surface area (Å²) in [5.74, 6) is 0.274. The number of phenolic OH excluding ortho intramolecular Hbond substituents is 1. The van der Waals surface area contributed by atoms with Gasteiger partial charge in [-0.25, -0.2) is 0 Å². The normalized spacial score (nSPS) is 12.0. The van der Waals surface area contributed by atoms with Crippen molar-refractivity contribution in [2.75, 3.05) is 6.54 Å². The van der Waals surface area contributed by atoms with Crippen molar-refractivity contribution in [1.29, 1.82) is 5.26 Å². The van der Waals surface area contributed by atoms with Gasteiger partial charge in [-0.15, -0.1) is 0 Å². The summed E-state index contributed by atoms with van der Waals surface area (Å²) in [5, 5.41) is 20.8. The lowest BCUT2D eigenvalue weighted by molar-refractivity contribution is 0.472. The van der Waals surface area contributed by atoms with Crippen LogP contribution in [0.15, 0.2) is 24.3 Å². The fourth-order valence-corrected chi connectivity index (χ4v) is 1.26. The van der Waals surface area contributed by atoms with Gasteiger partial charge in [0.15, 0.2) is 0 Å². The van der Waals surface area contributed by atoms with Gasteiger partial charge < -0.3 is 10.4 Å². The highest BCUT2D eigenvalue weighted by molar-refractivity contribution is 5.28. The molecule has 0 saturated carbocycles. The smallest absolute Gasteiger partial charge is 0.115 e. The van der Waals surface area contributed by atoms with Crippen molar-refractivity contribution in [2.45, 2.75) is 19.4 Å². The summed E-state index contributed by atoms with van der Waals surface area (Å²) in [6, 6.07) is 9.37. The summed E-state index contributed by atoms with van der Waals surface area (Å²) < 4.78 is 0.